The molecule has 1 aromatic carbocycles. The molecule has 2 amide bonds. The third kappa shape index (κ3) is 5.71. The second-order valence-corrected chi connectivity index (χ2v) is 9.40. The lowest BCUT2D eigenvalue weighted by atomic mass is 9.82. The van der Waals surface area contributed by atoms with Crippen LogP contribution in [0.25, 0.3) is 6.08 Å². The molecule has 1 aliphatic carbocycles. The van der Waals surface area contributed by atoms with Gasteiger partial charge in [-0.05, 0) is 63.1 Å². The maximum Gasteiger partial charge on any atom is 0.286 e. The van der Waals surface area contributed by atoms with E-state index in [1.165, 1.54) is 32.2 Å². The molecule has 4 unspecified atom stereocenters. The van der Waals surface area contributed by atoms with Gasteiger partial charge in [0.05, 0.1) is 6.04 Å². The first kappa shape index (κ1) is 22.8. The third-order valence-corrected chi connectivity index (χ3v) is 7.22. The van der Waals surface area contributed by atoms with E-state index in [-0.39, 0.29) is 29.9 Å². The van der Waals surface area contributed by atoms with Gasteiger partial charge in [0.25, 0.3) is 5.91 Å². The van der Waals surface area contributed by atoms with Gasteiger partial charge in [-0.3, -0.25) is 9.59 Å². The number of ether oxygens (including phenoxy) is 1. The highest BCUT2D eigenvalue weighted by Crippen LogP contribution is 2.31. The fourth-order valence-corrected chi connectivity index (χ4v) is 5.38. The van der Waals surface area contributed by atoms with Gasteiger partial charge in [0.1, 0.15) is 6.10 Å². The lowest BCUT2D eigenvalue weighted by Gasteiger charge is -2.39. The minimum atomic E-state index is -0.192. The van der Waals surface area contributed by atoms with Gasteiger partial charge in [-0.15, -0.1) is 0 Å². The Morgan fingerprint density at radius 1 is 1.22 bits per heavy atom. The molecule has 3 fully saturated rings. The van der Waals surface area contributed by atoms with E-state index in [1.54, 1.807) is 6.08 Å². The Labute approximate surface area is 191 Å². The van der Waals surface area contributed by atoms with E-state index < -0.39 is 0 Å². The zero-order valence-electron chi connectivity index (χ0n) is 19.2. The van der Waals surface area contributed by atoms with Crippen molar-refractivity contribution in [2.75, 3.05) is 19.6 Å². The molecule has 1 saturated carbocycles. The van der Waals surface area contributed by atoms with Crippen molar-refractivity contribution in [1.82, 2.24) is 15.5 Å². The standard InChI is InChI=1S/C26H37N3O3/c1-2-21-11-6-7-15-29(21)16-8-14-27-25(30)20-12-13-23-22(18-20)28-26(31)24(32-23)17-19-9-4-3-5-10-19/h3-5,9-10,17,20-23H,2,6-8,11-16,18H2,1H3,(H,27,30)(H,28,31)/b24-17+. The molecular weight excluding hydrogens is 402 g/mol. The molecule has 2 aliphatic heterocycles. The van der Waals surface area contributed by atoms with E-state index in [4.69, 9.17) is 4.74 Å². The van der Waals surface area contributed by atoms with Crippen molar-refractivity contribution in [2.45, 2.75) is 76.5 Å². The SMILES string of the molecule is CCC1CCCCN1CCCNC(=O)C1CCC2O/C(=C/c3ccccc3)C(=O)NC2C1. The molecule has 2 heterocycles. The molecule has 0 bridgehead atoms. The summed E-state index contributed by atoms with van der Waals surface area (Å²) in [6.45, 7) is 5.26. The molecule has 0 spiro atoms. The molecule has 0 aromatic heterocycles. The van der Waals surface area contributed by atoms with Crippen LogP contribution in [-0.2, 0) is 14.3 Å². The number of benzene rings is 1. The number of nitrogens with zero attached hydrogens (tertiary/aromatic N) is 1. The van der Waals surface area contributed by atoms with Gasteiger partial charge < -0.3 is 20.3 Å². The minimum absolute atomic E-state index is 0.0572. The summed E-state index contributed by atoms with van der Waals surface area (Å²) in [4.78, 5) is 27.9. The average molecular weight is 440 g/mol. The van der Waals surface area contributed by atoms with Crippen LogP contribution in [0, 0.1) is 5.92 Å². The minimum Gasteiger partial charge on any atom is -0.483 e. The molecule has 6 heteroatoms. The van der Waals surface area contributed by atoms with E-state index in [0.717, 1.165) is 37.9 Å². The number of likely N-dealkylation sites (tertiary alicyclic amines) is 1. The molecule has 3 aliphatic rings. The second-order valence-electron chi connectivity index (χ2n) is 9.40. The smallest absolute Gasteiger partial charge is 0.286 e. The summed E-state index contributed by atoms with van der Waals surface area (Å²) in [5, 5.41) is 6.22. The summed E-state index contributed by atoms with van der Waals surface area (Å²) in [5.74, 6) is 0.235. The zero-order chi connectivity index (χ0) is 22.3. The largest absolute Gasteiger partial charge is 0.483 e. The Bertz CT molecular complexity index is 810. The fraction of sp³-hybridized carbons (Fsp3) is 0.615. The van der Waals surface area contributed by atoms with Crippen LogP contribution >= 0.6 is 0 Å². The Balaban J connectivity index is 1.22. The number of hydrogen-bond donors (Lipinski definition) is 2. The Morgan fingerprint density at radius 3 is 2.88 bits per heavy atom. The van der Waals surface area contributed by atoms with Crippen LogP contribution in [0.2, 0.25) is 0 Å². The highest BCUT2D eigenvalue weighted by Gasteiger charge is 2.40. The topological polar surface area (TPSA) is 70.7 Å². The lowest BCUT2D eigenvalue weighted by molar-refractivity contribution is -0.134. The fourth-order valence-electron chi connectivity index (χ4n) is 5.38. The summed E-state index contributed by atoms with van der Waals surface area (Å²) >= 11 is 0. The predicted octanol–water partition coefficient (Wildman–Crippen LogP) is 3.48. The van der Waals surface area contributed by atoms with E-state index in [1.807, 2.05) is 30.3 Å². The first-order chi connectivity index (χ1) is 15.6. The molecular formula is C26H37N3O3. The van der Waals surface area contributed by atoms with Gasteiger partial charge in [-0.25, -0.2) is 0 Å². The van der Waals surface area contributed by atoms with Gasteiger partial charge in [0.15, 0.2) is 5.76 Å². The van der Waals surface area contributed by atoms with E-state index in [2.05, 4.69) is 22.5 Å². The molecule has 4 rings (SSSR count). The van der Waals surface area contributed by atoms with Crippen LogP contribution in [0.15, 0.2) is 36.1 Å². The van der Waals surface area contributed by atoms with Crippen LogP contribution in [0.1, 0.15) is 63.9 Å². The first-order valence-electron chi connectivity index (χ1n) is 12.4. The quantitative estimate of drug-likeness (QED) is 0.504. The van der Waals surface area contributed by atoms with Crippen molar-refractivity contribution in [3.05, 3.63) is 41.7 Å². The highest BCUT2D eigenvalue weighted by molar-refractivity contribution is 5.96. The van der Waals surface area contributed by atoms with Crippen LogP contribution in [-0.4, -0.2) is 54.5 Å². The molecule has 1 aromatic rings. The maximum absolute atomic E-state index is 12.7. The number of amides is 2. The van der Waals surface area contributed by atoms with Gasteiger partial charge in [-0.2, -0.15) is 0 Å². The molecule has 4 atom stereocenters. The van der Waals surface area contributed by atoms with Gasteiger partial charge in [-0.1, -0.05) is 43.7 Å². The highest BCUT2D eigenvalue weighted by atomic mass is 16.5. The number of nitrogens with one attached hydrogen (secondary N) is 2. The second kappa shape index (κ2) is 11.0. The average Bonchev–Trinajstić information content (AvgIpc) is 2.82. The van der Waals surface area contributed by atoms with Crippen LogP contribution in [0.3, 0.4) is 0 Å². The molecule has 2 saturated heterocycles. The normalized spacial score (nSPS) is 29.7. The molecule has 32 heavy (non-hydrogen) atoms. The van der Waals surface area contributed by atoms with Gasteiger partial charge >= 0.3 is 0 Å². The molecule has 0 radical (unpaired) electrons. The zero-order valence-corrected chi connectivity index (χ0v) is 19.2. The summed E-state index contributed by atoms with van der Waals surface area (Å²) < 4.78 is 6.03. The number of hydrogen-bond acceptors (Lipinski definition) is 4. The summed E-state index contributed by atoms with van der Waals surface area (Å²) in [5.41, 5.74) is 0.943. The summed E-state index contributed by atoms with van der Waals surface area (Å²) in [6, 6.07) is 10.3. The van der Waals surface area contributed by atoms with Crippen LogP contribution in [0.4, 0.5) is 0 Å². The monoisotopic (exact) mass is 439 g/mol. The van der Waals surface area contributed by atoms with Crippen molar-refractivity contribution in [3.8, 4) is 0 Å². The Hall–Kier alpha value is -2.34. The first-order valence-corrected chi connectivity index (χ1v) is 12.4. The summed E-state index contributed by atoms with van der Waals surface area (Å²) in [7, 11) is 0. The van der Waals surface area contributed by atoms with Crippen LogP contribution < -0.4 is 10.6 Å². The predicted molar refractivity (Wildman–Crippen MR) is 126 cm³/mol. The van der Waals surface area contributed by atoms with Crippen LogP contribution in [0.5, 0.6) is 0 Å². The lowest BCUT2D eigenvalue weighted by Crippen LogP contribution is -2.54. The third-order valence-electron chi connectivity index (χ3n) is 7.22. The summed E-state index contributed by atoms with van der Waals surface area (Å²) in [6.07, 6.45) is 10.1. The van der Waals surface area contributed by atoms with Crippen molar-refractivity contribution in [2.24, 2.45) is 5.92 Å². The number of carbonyl (C=O) groups excluding carboxylic acids is 2. The van der Waals surface area contributed by atoms with E-state index in [0.29, 0.717) is 18.2 Å². The molecule has 2 N–H and O–H groups in total. The van der Waals surface area contributed by atoms with Gasteiger partial charge in [0.2, 0.25) is 5.91 Å². The maximum atomic E-state index is 12.7. The van der Waals surface area contributed by atoms with Gasteiger partial charge in [0, 0.05) is 25.0 Å². The number of fused-ring (bicyclic) bond motifs is 1. The number of rotatable bonds is 7. The Kier molecular flexibility index (Phi) is 7.85. The number of piperidine rings is 1. The molecule has 174 valence electrons. The Morgan fingerprint density at radius 2 is 2.06 bits per heavy atom. The number of morpholine rings is 1. The van der Waals surface area contributed by atoms with Crippen molar-refractivity contribution >= 4 is 17.9 Å². The van der Waals surface area contributed by atoms with Crippen molar-refractivity contribution in [1.29, 1.82) is 0 Å². The molecule has 6 nitrogen and oxygen atoms in total. The number of carbonyl (C=O) groups is 2. The van der Waals surface area contributed by atoms with Crippen molar-refractivity contribution < 1.29 is 14.3 Å². The van der Waals surface area contributed by atoms with E-state index >= 15 is 0 Å². The van der Waals surface area contributed by atoms with Crippen molar-refractivity contribution in [3.63, 3.8) is 0 Å². The van der Waals surface area contributed by atoms with E-state index in [9.17, 15) is 9.59 Å².